The van der Waals surface area contributed by atoms with Gasteiger partial charge in [-0.05, 0) is 49.4 Å². The summed E-state index contributed by atoms with van der Waals surface area (Å²) in [6.07, 6.45) is 4.68. The minimum Gasteiger partial charge on any atom is -0.457 e. The summed E-state index contributed by atoms with van der Waals surface area (Å²) in [6, 6.07) is 0. The average Bonchev–Trinajstić information content (AvgIpc) is 2.42. The third-order valence-electron chi connectivity index (χ3n) is 4.55. The van der Waals surface area contributed by atoms with Crippen molar-refractivity contribution in [3.8, 4) is 0 Å². The number of carbonyl (C=O) groups is 2. The van der Waals surface area contributed by atoms with E-state index in [1.54, 1.807) is 0 Å². The molecular weight excluding hydrogens is 280 g/mol. The Hall–Kier alpha value is -1.06. The fourth-order valence-electron chi connectivity index (χ4n) is 3.15. The van der Waals surface area contributed by atoms with Crippen LogP contribution >= 0.6 is 0 Å². The number of rotatable bonds is 6. The van der Waals surface area contributed by atoms with Gasteiger partial charge in [0.25, 0.3) is 0 Å². The molecule has 0 heterocycles. The number of hydrogen-bond donors (Lipinski definition) is 0. The summed E-state index contributed by atoms with van der Waals surface area (Å²) in [5.74, 6) is 0.232. The van der Waals surface area contributed by atoms with Crippen molar-refractivity contribution in [2.45, 2.75) is 72.8 Å². The smallest absolute Gasteiger partial charge is 0.417 e. The van der Waals surface area contributed by atoms with Gasteiger partial charge in [-0.3, -0.25) is 0 Å². The maximum absolute atomic E-state index is 11.9. The number of hydrogen-bond acceptors (Lipinski definition) is 4. The largest absolute Gasteiger partial charge is 0.457 e. The molecule has 0 aromatic carbocycles. The van der Waals surface area contributed by atoms with Crippen molar-refractivity contribution < 1.29 is 19.1 Å². The lowest BCUT2D eigenvalue weighted by Crippen LogP contribution is -2.37. The minimum absolute atomic E-state index is 0.153. The minimum atomic E-state index is -0.843. The summed E-state index contributed by atoms with van der Waals surface area (Å²) in [7, 11) is 0. The van der Waals surface area contributed by atoms with E-state index in [2.05, 4.69) is 34.6 Å². The highest BCUT2D eigenvalue weighted by molar-refractivity contribution is 6.29. The van der Waals surface area contributed by atoms with Gasteiger partial charge in [0.2, 0.25) is 0 Å². The third kappa shape index (κ3) is 6.37. The molecule has 0 bridgehead atoms. The highest BCUT2D eigenvalue weighted by Crippen LogP contribution is 2.35. The highest BCUT2D eigenvalue weighted by atomic mass is 16.6. The molecule has 4 nitrogen and oxygen atoms in total. The first-order valence-electron chi connectivity index (χ1n) is 8.69. The van der Waals surface area contributed by atoms with Gasteiger partial charge in [0, 0.05) is 0 Å². The Balaban J connectivity index is 2.42. The zero-order chi connectivity index (χ0) is 16.7. The van der Waals surface area contributed by atoms with Crippen molar-refractivity contribution in [1.29, 1.82) is 0 Å². The van der Waals surface area contributed by atoms with Crippen LogP contribution in [0.4, 0.5) is 0 Å². The van der Waals surface area contributed by atoms with Crippen LogP contribution in [0.2, 0.25) is 0 Å². The molecule has 1 saturated carbocycles. The van der Waals surface area contributed by atoms with Crippen molar-refractivity contribution in [2.24, 2.45) is 23.7 Å². The van der Waals surface area contributed by atoms with Gasteiger partial charge in [-0.1, -0.05) is 41.0 Å². The van der Waals surface area contributed by atoms with Gasteiger partial charge in [0.05, 0.1) is 6.61 Å². The van der Waals surface area contributed by atoms with E-state index < -0.39 is 11.9 Å². The zero-order valence-electron chi connectivity index (χ0n) is 14.8. The molecule has 4 heteroatoms. The molecule has 1 aliphatic carbocycles. The van der Waals surface area contributed by atoms with Gasteiger partial charge < -0.3 is 9.47 Å². The quantitative estimate of drug-likeness (QED) is 0.423. The van der Waals surface area contributed by atoms with Crippen LogP contribution in [0, 0.1) is 23.7 Å². The standard InChI is InChI=1S/C18H32O4/c1-12(2)7-6-10-21-17(19)18(20)22-16-11-14(5)8-9-15(16)13(3)4/h12-16H,6-11H2,1-5H3. The molecule has 0 spiro atoms. The highest BCUT2D eigenvalue weighted by Gasteiger charge is 2.35. The molecule has 0 saturated heterocycles. The molecule has 0 radical (unpaired) electrons. The van der Waals surface area contributed by atoms with Crippen LogP contribution in [0.25, 0.3) is 0 Å². The molecular formula is C18H32O4. The fraction of sp³-hybridized carbons (Fsp3) is 0.889. The molecule has 22 heavy (non-hydrogen) atoms. The molecule has 1 fully saturated rings. The lowest BCUT2D eigenvalue weighted by Gasteiger charge is -2.36. The van der Waals surface area contributed by atoms with Gasteiger partial charge in [-0.25, -0.2) is 9.59 Å². The SMILES string of the molecule is CC(C)CCCOC(=O)C(=O)OC1CC(C)CCC1C(C)C. The predicted octanol–water partition coefficient (Wildman–Crippen LogP) is 3.97. The van der Waals surface area contributed by atoms with Gasteiger partial charge in [-0.2, -0.15) is 0 Å². The second-order valence-electron chi connectivity index (χ2n) is 7.44. The normalized spacial score (nSPS) is 25.3. The van der Waals surface area contributed by atoms with Gasteiger partial charge in [-0.15, -0.1) is 0 Å². The Labute approximate surface area is 134 Å². The van der Waals surface area contributed by atoms with E-state index in [-0.39, 0.29) is 6.10 Å². The van der Waals surface area contributed by atoms with Gasteiger partial charge in [0.1, 0.15) is 6.10 Å². The average molecular weight is 312 g/mol. The van der Waals surface area contributed by atoms with E-state index in [1.165, 1.54) is 0 Å². The van der Waals surface area contributed by atoms with E-state index >= 15 is 0 Å². The summed E-state index contributed by atoms with van der Waals surface area (Å²) in [4.78, 5) is 23.6. The third-order valence-corrected chi connectivity index (χ3v) is 4.55. The van der Waals surface area contributed by atoms with Crippen LogP contribution in [0.15, 0.2) is 0 Å². The summed E-state index contributed by atoms with van der Waals surface area (Å²) in [5.41, 5.74) is 0. The predicted molar refractivity (Wildman–Crippen MR) is 86.3 cm³/mol. The topological polar surface area (TPSA) is 52.6 Å². The van der Waals surface area contributed by atoms with Gasteiger partial charge >= 0.3 is 11.9 Å². The number of ether oxygens (including phenoxy) is 2. The zero-order valence-corrected chi connectivity index (χ0v) is 14.8. The first-order valence-corrected chi connectivity index (χ1v) is 8.69. The second-order valence-corrected chi connectivity index (χ2v) is 7.44. The molecule has 0 amide bonds. The monoisotopic (exact) mass is 312 g/mol. The van der Waals surface area contributed by atoms with Gasteiger partial charge in [0.15, 0.2) is 0 Å². The molecule has 128 valence electrons. The molecule has 3 unspecified atom stereocenters. The van der Waals surface area contributed by atoms with Crippen LogP contribution in [0.3, 0.4) is 0 Å². The van der Waals surface area contributed by atoms with E-state index in [0.717, 1.165) is 32.1 Å². The van der Waals surface area contributed by atoms with E-state index in [9.17, 15) is 9.59 Å². The van der Waals surface area contributed by atoms with Crippen LogP contribution < -0.4 is 0 Å². The van der Waals surface area contributed by atoms with Crippen molar-refractivity contribution >= 4 is 11.9 Å². The first-order chi connectivity index (χ1) is 10.3. The lowest BCUT2D eigenvalue weighted by molar-refractivity contribution is -0.175. The molecule has 0 aromatic heterocycles. The number of esters is 2. The fourth-order valence-corrected chi connectivity index (χ4v) is 3.15. The maximum Gasteiger partial charge on any atom is 0.417 e. The van der Waals surface area contributed by atoms with Crippen LogP contribution in [0.1, 0.15) is 66.7 Å². The second kappa shape index (κ2) is 9.16. The van der Waals surface area contributed by atoms with Crippen LogP contribution in [0.5, 0.6) is 0 Å². The lowest BCUT2D eigenvalue weighted by atomic mass is 9.75. The molecule has 1 aliphatic rings. The Kier molecular flexibility index (Phi) is 7.91. The molecule has 0 N–H and O–H groups in total. The molecule has 0 aliphatic heterocycles. The molecule has 1 rings (SSSR count). The summed E-state index contributed by atoms with van der Waals surface area (Å²) in [5, 5.41) is 0. The summed E-state index contributed by atoms with van der Waals surface area (Å²) in [6.45, 7) is 11.0. The molecule has 3 atom stereocenters. The number of carbonyl (C=O) groups excluding carboxylic acids is 2. The van der Waals surface area contributed by atoms with Crippen molar-refractivity contribution in [3.63, 3.8) is 0 Å². The summed E-state index contributed by atoms with van der Waals surface area (Å²) >= 11 is 0. The first kappa shape index (κ1) is 19.0. The Morgan fingerprint density at radius 1 is 1.09 bits per heavy atom. The van der Waals surface area contributed by atoms with Crippen molar-refractivity contribution in [2.75, 3.05) is 6.61 Å². The Morgan fingerprint density at radius 2 is 1.77 bits per heavy atom. The Bertz CT molecular complexity index is 362. The van der Waals surface area contributed by atoms with Crippen molar-refractivity contribution in [3.05, 3.63) is 0 Å². The molecule has 0 aromatic rings. The Morgan fingerprint density at radius 3 is 2.36 bits per heavy atom. The maximum atomic E-state index is 11.9. The van der Waals surface area contributed by atoms with Crippen LogP contribution in [-0.2, 0) is 19.1 Å². The van der Waals surface area contributed by atoms with Crippen molar-refractivity contribution in [1.82, 2.24) is 0 Å². The van der Waals surface area contributed by atoms with Crippen LogP contribution in [-0.4, -0.2) is 24.6 Å². The summed E-state index contributed by atoms with van der Waals surface area (Å²) < 4.78 is 10.5. The van der Waals surface area contributed by atoms with E-state index in [0.29, 0.717) is 30.3 Å². The van der Waals surface area contributed by atoms with E-state index in [4.69, 9.17) is 9.47 Å². The van der Waals surface area contributed by atoms with E-state index in [1.807, 2.05) is 0 Å².